The van der Waals surface area contributed by atoms with Gasteiger partial charge in [-0.15, -0.1) is 0 Å². The monoisotopic (exact) mass is 268 g/mol. The molecule has 0 saturated carbocycles. The van der Waals surface area contributed by atoms with E-state index in [0.29, 0.717) is 25.6 Å². The molecule has 0 heterocycles. The maximum absolute atomic E-state index is 10.6. The lowest BCUT2D eigenvalue weighted by molar-refractivity contribution is -0.142. The highest BCUT2D eigenvalue weighted by atomic mass is 16.6. The number of esters is 1. The average Bonchev–Trinajstić information content (AvgIpc) is 2.38. The molecule has 0 atom stereocenters. The minimum atomic E-state index is -0.972. The molecule has 0 amide bonds. The van der Waals surface area contributed by atoms with Crippen LogP contribution >= 0.6 is 0 Å². The number of aromatic carboxylic acids is 1. The molecule has 0 bridgehead atoms. The van der Waals surface area contributed by atoms with E-state index in [1.54, 1.807) is 12.1 Å². The maximum Gasteiger partial charge on any atom is 0.335 e. The first-order valence-corrected chi connectivity index (χ1v) is 5.77. The topological polar surface area (TPSA) is 82.1 Å². The van der Waals surface area contributed by atoms with Crippen molar-refractivity contribution in [2.24, 2.45) is 0 Å². The fourth-order valence-electron chi connectivity index (χ4n) is 1.26. The minimum Gasteiger partial charge on any atom is -0.491 e. The van der Waals surface area contributed by atoms with E-state index < -0.39 is 5.97 Å². The Morgan fingerprint density at radius 3 is 2.26 bits per heavy atom. The molecule has 0 unspecified atom stereocenters. The summed E-state index contributed by atoms with van der Waals surface area (Å²) in [5.41, 5.74) is 0.213. The molecule has 0 aliphatic carbocycles. The summed E-state index contributed by atoms with van der Waals surface area (Å²) in [6, 6.07) is 6.11. The fourth-order valence-corrected chi connectivity index (χ4v) is 1.26. The van der Waals surface area contributed by atoms with Crippen LogP contribution in [0.4, 0.5) is 0 Å². The maximum atomic E-state index is 10.6. The molecular formula is C13H16O6. The Bertz CT molecular complexity index is 412. The SMILES string of the molecule is CC(=O)OCCOCCOc1ccc(C(=O)O)cc1. The van der Waals surface area contributed by atoms with Gasteiger partial charge in [-0.2, -0.15) is 0 Å². The molecule has 0 aliphatic rings. The van der Waals surface area contributed by atoms with Crippen molar-refractivity contribution >= 4 is 11.9 Å². The predicted octanol–water partition coefficient (Wildman–Crippen LogP) is 1.34. The van der Waals surface area contributed by atoms with Crippen molar-refractivity contribution in [2.45, 2.75) is 6.92 Å². The molecule has 104 valence electrons. The van der Waals surface area contributed by atoms with Gasteiger partial charge in [0.25, 0.3) is 0 Å². The Morgan fingerprint density at radius 1 is 1.05 bits per heavy atom. The number of benzene rings is 1. The lowest BCUT2D eigenvalue weighted by Gasteiger charge is -2.07. The quantitative estimate of drug-likeness (QED) is 0.566. The van der Waals surface area contributed by atoms with Crippen LogP contribution in [0.2, 0.25) is 0 Å². The van der Waals surface area contributed by atoms with E-state index in [0.717, 1.165) is 0 Å². The fraction of sp³-hybridized carbons (Fsp3) is 0.385. The van der Waals surface area contributed by atoms with Gasteiger partial charge in [0.05, 0.1) is 18.8 Å². The minimum absolute atomic E-state index is 0.213. The summed E-state index contributed by atoms with van der Waals surface area (Å²) in [6.45, 7) is 2.59. The number of hydrogen-bond donors (Lipinski definition) is 1. The third-order valence-electron chi connectivity index (χ3n) is 2.13. The first kappa shape index (κ1) is 15.0. The van der Waals surface area contributed by atoms with Gasteiger partial charge in [-0.3, -0.25) is 4.79 Å². The van der Waals surface area contributed by atoms with Crippen LogP contribution in [-0.4, -0.2) is 43.5 Å². The zero-order chi connectivity index (χ0) is 14.1. The van der Waals surface area contributed by atoms with Crippen molar-refractivity contribution in [1.29, 1.82) is 0 Å². The van der Waals surface area contributed by atoms with E-state index in [4.69, 9.17) is 14.6 Å². The molecule has 1 rings (SSSR count). The molecule has 0 fully saturated rings. The summed E-state index contributed by atoms with van der Waals surface area (Å²) < 4.78 is 15.2. The van der Waals surface area contributed by atoms with Crippen molar-refractivity contribution in [3.05, 3.63) is 29.8 Å². The highest BCUT2D eigenvalue weighted by Gasteiger charge is 2.01. The standard InChI is InChI=1S/C13H16O6/c1-10(14)18-8-6-17-7-9-19-12-4-2-11(3-5-12)13(15)16/h2-5H,6-9H2,1H3,(H,15,16). The van der Waals surface area contributed by atoms with Crippen LogP contribution in [0.15, 0.2) is 24.3 Å². The van der Waals surface area contributed by atoms with Gasteiger partial charge in [-0.25, -0.2) is 4.79 Å². The van der Waals surface area contributed by atoms with Crippen LogP contribution in [0.3, 0.4) is 0 Å². The molecule has 0 aliphatic heterocycles. The van der Waals surface area contributed by atoms with Gasteiger partial charge < -0.3 is 19.3 Å². The van der Waals surface area contributed by atoms with Gasteiger partial charge in [-0.1, -0.05) is 0 Å². The van der Waals surface area contributed by atoms with E-state index in [9.17, 15) is 9.59 Å². The molecule has 19 heavy (non-hydrogen) atoms. The van der Waals surface area contributed by atoms with Crippen LogP contribution in [0.25, 0.3) is 0 Å². The number of carboxylic acids is 1. The number of rotatable bonds is 8. The average molecular weight is 268 g/mol. The van der Waals surface area contributed by atoms with E-state index in [1.807, 2.05) is 0 Å². The second-order valence-electron chi connectivity index (χ2n) is 3.63. The van der Waals surface area contributed by atoms with Crippen molar-refractivity contribution in [1.82, 2.24) is 0 Å². The van der Waals surface area contributed by atoms with Gasteiger partial charge in [-0.05, 0) is 24.3 Å². The number of hydrogen-bond acceptors (Lipinski definition) is 5. The Labute approximate surface area is 110 Å². The molecule has 1 N–H and O–H groups in total. The molecule has 0 spiro atoms. The number of ether oxygens (including phenoxy) is 3. The highest BCUT2D eigenvalue weighted by Crippen LogP contribution is 2.11. The second kappa shape index (κ2) is 8.10. The predicted molar refractivity (Wildman–Crippen MR) is 66.3 cm³/mol. The summed E-state index contributed by atoms with van der Waals surface area (Å²) in [4.78, 5) is 21.1. The molecule has 0 aromatic heterocycles. The summed E-state index contributed by atoms with van der Waals surface area (Å²) in [5, 5.41) is 8.71. The Morgan fingerprint density at radius 2 is 1.68 bits per heavy atom. The third-order valence-corrected chi connectivity index (χ3v) is 2.13. The summed E-state index contributed by atoms with van der Waals surface area (Å²) in [7, 11) is 0. The number of carbonyl (C=O) groups excluding carboxylic acids is 1. The Hall–Kier alpha value is -2.08. The third kappa shape index (κ3) is 6.42. The number of carboxylic acid groups (broad SMARTS) is 1. The van der Waals surface area contributed by atoms with Crippen molar-refractivity contribution < 1.29 is 28.9 Å². The molecule has 1 aromatic rings. The summed E-state index contributed by atoms with van der Waals surface area (Å²) >= 11 is 0. The smallest absolute Gasteiger partial charge is 0.335 e. The Kier molecular flexibility index (Phi) is 6.38. The normalized spacial score (nSPS) is 9.95. The largest absolute Gasteiger partial charge is 0.491 e. The zero-order valence-electron chi connectivity index (χ0n) is 10.6. The van der Waals surface area contributed by atoms with Crippen molar-refractivity contribution in [3.63, 3.8) is 0 Å². The molecular weight excluding hydrogens is 252 g/mol. The van der Waals surface area contributed by atoms with E-state index in [2.05, 4.69) is 4.74 Å². The van der Waals surface area contributed by atoms with E-state index in [-0.39, 0.29) is 18.1 Å². The molecule has 0 saturated heterocycles. The van der Waals surface area contributed by atoms with Gasteiger partial charge >= 0.3 is 11.9 Å². The summed E-state index contributed by atoms with van der Waals surface area (Å²) in [6.07, 6.45) is 0. The van der Waals surface area contributed by atoms with Gasteiger partial charge in [0, 0.05) is 6.92 Å². The highest BCUT2D eigenvalue weighted by molar-refractivity contribution is 5.87. The van der Waals surface area contributed by atoms with Crippen LogP contribution < -0.4 is 4.74 Å². The van der Waals surface area contributed by atoms with Crippen LogP contribution in [0, 0.1) is 0 Å². The van der Waals surface area contributed by atoms with Gasteiger partial charge in [0.1, 0.15) is 19.0 Å². The van der Waals surface area contributed by atoms with Gasteiger partial charge in [0.15, 0.2) is 0 Å². The van der Waals surface area contributed by atoms with Crippen molar-refractivity contribution in [3.8, 4) is 5.75 Å². The lowest BCUT2D eigenvalue weighted by atomic mass is 10.2. The molecule has 6 nitrogen and oxygen atoms in total. The first-order chi connectivity index (χ1) is 9.09. The second-order valence-corrected chi connectivity index (χ2v) is 3.63. The van der Waals surface area contributed by atoms with Gasteiger partial charge in [0.2, 0.25) is 0 Å². The van der Waals surface area contributed by atoms with Crippen molar-refractivity contribution in [2.75, 3.05) is 26.4 Å². The van der Waals surface area contributed by atoms with Crippen LogP contribution in [-0.2, 0) is 14.3 Å². The number of carbonyl (C=O) groups is 2. The Balaban J connectivity index is 2.12. The lowest BCUT2D eigenvalue weighted by Crippen LogP contribution is -2.12. The van der Waals surface area contributed by atoms with Crippen LogP contribution in [0.1, 0.15) is 17.3 Å². The zero-order valence-corrected chi connectivity index (χ0v) is 10.6. The van der Waals surface area contributed by atoms with E-state index in [1.165, 1.54) is 19.1 Å². The van der Waals surface area contributed by atoms with Crippen LogP contribution in [0.5, 0.6) is 5.75 Å². The first-order valence-electron chi connectivity index (χ1n) is 5.77. The van der Waals surface area contributed by atoms with E-state index >= 15 is 0 Å². The summed E-state index contributed by atoms with van der Waals surface area (Å²) in [5.74, 6) is -0.729. The molecule has 1 aromatic carbocycles. The molecule has 0 radical (unpaired) electrons. The molecule has 6 heteroatoms.